The quantitative estimate of drug-likeness (QED) is 0.323. The van der Waals surface area contributed by atoms with E-state index in [9.17, 15) is 0 Å². The maximum absolute atomic E-state index is 6.43. The van der Waals surface area contributed by atoms with Crippen molar-refractivity contribution in [3.8, 4) is 11.3 Å². The molecule has 4 aromatic rings. The number of anilines is 1. The summed E-state index contributed by atoms with van der Waals surface area (Å²) in [6.07, 6.45) is 5.10. The molecule has 32 heavy (non-hydrogen) atoms. The minimum absolute atomic E-state index is 0.592. The molecule has 0 amide bonds. The van der Waals surface area contributed by atoms with E-state index in [4.69, 9.17) is 16.6 Å². The highest BCUT2D eigenvalue weighted by atomic mass is 79.9. The summed E-state index contributed by atoms with van der Waals surface area (Å²) in [7, 11) is 2.24. The third kappa shape index (κ3) is 4.27. The molecule has 1 aliphatic rings. The third-order valence-corrected chi connectivity index (χ3v) is 7.11. The molecule has 0 atom stereocenters. The van der Waals surface area contributed by atoms with E-state index in [1.165, 1.54) is 11.1 Å². The van der Waals surface area contributed by atoms with Crippen molar-refractivity contribution >= 4 is 39.0 Å². The van der Waals surface area contributed by atoms with Crippen LogP contribution in [-0.4, -0.2) is 45.7 Å². The average Bonchev–Trinajstić information content (AvgIpc) is 3.41. The van der Waals surface area contributed by atoms with E-state index in [1.54, 1.807) is 6.20 Å². The normalized spacial score (nSPS) is 13.8. The van der Waals surface area contributed by atoms with Gasteiger partial charge in [-0.15, -0.1) is 0 Å². The summed E-state index contributed by atoms with van der Waals surface area (Å²) < 4.78 is 2.69. The molecule has 0 radical (unpaired) electrons. The summed E-state index contributed by atoms with van der Waals surface area (Å²) in [5.41, 5.74) is 5.50. The van der Waals surface area contributed by atoms with Crippen LogP contribution in [0.15, 0.2) is 65.3 Å². The fourth-order valence-electron chi connectivity index (χ4n) is 4.44. The maximum atomic E-state index is 6.43. The van der Waals surface area contributed by atoms with E-state index < -0.39 is 0 Å². The highest BCUT2D eigenvalue weighted by Crippen LogP contribution is 2.30. The molecule has 0 spiro atoms. The standard InChI is InChI=1S/C25H25BrClN5/c1-31(19-13-17-7-2-3-8-18(17)14-19)12-6-11-28-24-15-23(20-9-4-5-10-22(20)27)30-25-21(26)16-29-32(24)25/h2-5,7-10,15-16,19,28H,6,11-14H2,1H3. The van der Waals surface area contributed by atoms with Gasteiger partial charge in [-0.1, -0.05) is 54.1 Å². The third-order valence-electron chi connectivity index (χ3n) is 6.23. The summed E-state index contributed by atoms with van der Waals surface area (Å²) in [6, 6.07) is 19.2. The Bertz CT molecular complexity index is 1230. The van der Waals surface area contributed by atoms with Gasteiger partial charge in [-0.3, -0.25) is 0 Å². The molecule has 5 nitrogen and oxygen atoms in total. The first kappa shape index (κ1) is 21.4. The van der Waals surface area contributed by atoms with Crippen molar-refractivity contribution in [1.82, 2.24) is 19.5 Å². The lowest BCUT2D eigenvalue weighted by Gasteiger charge is -2.24. The first-order valence-electron chi connectivity index (χ1n) is 10.9. The number of rotatable bonds is 7. The first-order chi connectivity index (χ1) is 15.6. The van der Waals surface area contributed by atoms with Crippen molar-refractivity contribution in [3.63, 3.8) is 0 Å². The van der Waals surface area contributed by atoms with Gasteiger partial charge in [0, 0.05) is 29.2 Å². The minimum atomic E-state index is 0.592. The van der Waals surface area contributed by atoms with Gasteiger partial charge < -0.3 is 10.2 Å². The SMILES string of the molecule is CN(CCCNc1cc(-c2ccccc2Cl)nc2c(Br)cnn12)C1Cc2ccccc2C1. The summed E-state index contributed by atoms with van der Waals surface area (Å²) >= 11 is 10.00. The molecule has 0 saturated heterocycles. The maximum Gasteiger partial charge on any atom is 0.172 e. The molecule has 0 fully saturated rings. The van der Waals surface area contributed by atoms with Gasteiger partial charge in [-0.2, -0.15) is 9.61 Å². The smallest absolute Gasteiger partial charge is 0.172 e. The van der Waals surface area contributed by atoms with E-state index >= 15 is 0 Å². The van der Waals surface area contributed by atoms with Gasteiger partial charge in [0.1, 0.15) is 5.82 Å². The van der Waals surface area contributed by atoms with Crippen LogP contribution in [0.1, 0.15) is 17.5 Å². The monoisotopic (exact) mass is 509 g/mol. The molecule has 164 valence electrons. The predicted octanol–water partition coefficient (Wildman–Crippen LogP) is 5.71. The highest BCUT2D eigenvalue weighted by molar-refractivity contribution is 9.10. The summed E-state index contributed by atoms with van der Waals surface area (Å²) in [4.78, 5) is 7.27. The van der Waals surface area contributed by atoms with E-state index in [0.29, 0.717) is 11.1 Å². The van der Waals surface area contributed by atoms with Gasteiger partial charge in [0.15, 0.2) is 5.65 Å². The summed E-state index contributed by atoms with van der Waals surface area (Å²) in [5, 5.41) is 8.73. The number of fused-ring (bicyclic) bond motifs is 2. The fraction of sp³-hybridized carbons (Fsp3) is 0.280. The molecule has 2 heterocycles. The van der Waals surface area contributed by atoms with Crippen LogP contribution in [0.4, 0.5) is 5.82 Å². The van der Waals surface area contributed by atoms with Crippen LogP contribution >= 0.6 is 27.5 Å². The molecule has 7 heteroatoms. The Morgan fingerprint density at radius 2 is 1.84 bits per heavy atom. The second-order valence-corrected chi connectivity index (χ2v) is 9.59. The van der Waals surface area contributed by atoms with E-state index in [-0.39, 0.29) is 0 Å². The van der Waals surface area contributed by atoms with Gasteiger partial charge in [-0.05, 0) is 66.0 Å². The molecule has 1 aliphatic carbocycles. The van der Waals surface area contributed by atoms with Crippen LogP contribution in [0.5, 0.6) is 0 Å². The van der Waals surface area contributed by atoms with Crippen molar-refractivity contribution in [2.24, 2.45) is 0 Å². The van der Waals surface area contributed by atoms with Crippen molar-refractivity contribution in [2.75, 3.05) is 25.5 Å². The molecule has 1 N–H and O–H groups in total. The van der Waals surface area contributed by atoms with Gasteiger partial charge in [0.25, 0.3) is 0 Å². The topological polar surface area (TPSA) is 45.5 Å². The zero-order valence-electron chi connectivity index (χ0n) is 17.9. The van der Waals surface area contributed by atoms with Crippen LogP contribution in [0, 0.1) is 0 Å². The zero-order chi connectivity index (χ0) is 22.1. The number of aromatic nitrogens is 3. The Morgan fingerprint density at radius 1 is 1.12 bits per heavy atom. The lowest BCUT2D eigenvalue weighted by atomic mass is 10.1. The van der Waals surface area contributed by atoms with Gasteiger partial charge in [0.2, 0.25) is 0 Å². The summed E-state index contributed by atoms with van der Waals surface area (Å²) in [6.45, 7) is 1.89. The molecule has 2 aromatic heterocycles. The van der Waals surface area contributed by atoms with E-state index in [1.807, 2.05) is 34.8 Å². The Balaban J connectivity index is 1.26. The average molecular weight is 511 g/mol. The lowest BCUT2D eigenvalue weighted by molar-refractivity contribution is 0.248. The molecule has 0 unspecified atom stereocenters. The van der Waals surface area contributed by atoms with Crippen molar-refractivity contribution in [2.45, 2.75) is 25.3 Å². The number of hydrogen-bond donors (Lipinski definition) is 1. The lowest BCUT2D eigenvalue weighted by Crippen LogP contribution is -2.33. The molecular formula is C25H25BrClN5. The molecular weight excluding hydrogens is 486 g/mol. The predicted molar refractivity (Wildman–Crippen MR) is 135 cm³/mol. The number of benzene rings is 2. The second kappa shape index (κ2) is 9.22. The number of likely N-dealkylation sites (N-methyl/N-ethyl adjacent to an activating group) is 1. The van der Waals surface area contributed by atoms with Crippen molar-refractivity contribution < 1.29 is 0 Å². The second-order valence-electron chi connectivity index (χ2n) is 8.33. The molecule has 0 aliphatic heterocycles. The number of halogens is 2. The van der Waals surface area contributed by atoms with Gasteiger partial charge in [-0.25, -0.2) is 4.98 Å². The Labute approximate surface area is 201 Å². The van der Waals surface area contributed by atoms with Crippen LogP contribution in [0.3, 0.4) is 0 Å². The number of hydrogen-bond acceptors (Lipinski definition) is 4. The van der Waals surface area contributed by atoms with Crippen LogP contribution in [-0.2, 0) is 12.8 Å². The number of nitrogens with one attached hydrogen (secondary N) is 1. The Hall–Kier alpha value is -2.41. The van der Waals surface area contributed by atoms with Crippen LogP contribution < -0.4 is 5.32 Å². The number of nitrogens with zero attached hydrogens (tertiary/aromatic N) is 4. The Kier molecular flexibility index (Phi) is 6.17. The van der Waals surface area contributed by atoms with Crippen LogP contribution in [0.2, 0.25) is 5.02 Å². The fourth-order valence-corrected chi connectivity index (χ4v) is 5.02. The van der Waals surface area contributed by atoms with Crippen LogP contribution in [0.25, 0.3) is 16.9 Å². The van der Waals surface area contributed by atoms with E-state index in [0.717, 1.165) is 59.5 Å². The molecule has 0 saturated carbocycles. The first-order valence-corrected chi connectivity index (χ1v) is 12.1. The Morgan fingerprint density at radius 3 is 2.59 bits per heavy atom. The van der Waals surface area contributed by atoms with Crippen molar-refractivity contribution in [3.05, 3.63) is 81.4 Å². The highest BCUT2D eigenvalue weighted by Gasteiger charge is 2.23. The van der Waals surface area contributed by atoms with Gasteiger partial charge >= 0.3 is 0 Å². The zero-order valence-corrected chi connectivity index (χ0v) is 20.3. The molecule has 5 rings (SSSR count). The summed E-state index contributed by atoms with van der Waals surface area (Å²) in [5.74, 6) is 0.909. The van der Waals surface area contributed by atoms with E-state index in [2.05, 4.69) is 62.6 Å². The van der Waals surface area contributed by atoms with Gasteiger partial charge in [0.05, 0.1) is 16.4 Å². The largest absolute Gasteiger partial charge is 0.370 e. The molecule has 2 aromatic carbocycles. The molecule has 0 bridgehead atoms. The minimum Gasteiger partial charge on any atom is -0.370 e. The van der Waals surface area contributed by atoms with Crippen molar-refractivity contribution in [1.29, 1.82) is 0 Å².